The second-order valence-electron chi connectivity index (χ2n) is 4.82. The number of carbonyl (C=O) groups is 2. The van der Waals surface area contributed by atoms with Crippen LogP contribution in [0.5, 0.6) is 0 Å². The molecule has 1 rings (SSSR count). The van der Waals surface area contributed by atoms with E-state index in [1.54, 1.807) is 6.92 Å². The number of rotatable bonds is 5. The first-order chi connectivity index (χ1) is 8.00. The van der Waals surface area contributed by atoms with Gasteiger partial charge >= 0.3 is 0 Å². The first kappa shape index (κ1) is 14.0. The SMILES string of the molecule is CC(=O)NC(C(=O)NCC(C)O)C1CCCC1. The average Bonchev–Trinajstić information content (AvgIpc) is 2.75. The summed E-state index contributed by atoms with van der Waals surface area (Å²) in [5.41, 5.74) is 0. The number of carbonyl (C=O) groups excluding carboxylic acids is 2. The van der Waals surface area contributed by atoms with Gasteiger partial charge in [-0.05, 0) is 25.7 Å². The lowest BCUT2D eigenvalue weighted by atomic mass is 9.97. The molecule has 1 saturated carbocycles. The molecular weight excluding hydrogens is 220 g/mol. The van der Waals surface area contributed by atoms with Gasteiger partial charge in [-0.15, -0.1) is 0 Å². The molecule has 2 amide bonds. The molecule has 0 radical (unpaired) electrons. The Bertz CT molecular complexity index is 273. The molecule has 2 unspecified atom stereocenters. The second-order valence-corrected chi connectivity index (χ2v) is 4.82. The zero-order chi connectivity index (χ0) is 12.8. The Morgan fingerprint density at radius 1 is 1.35 bits per heavy atom. The predicted octanol–water partition coefficient (Wildman–Crippen LogP) is 0.178. The van der Waals surface area contributed by atoms with Gasteiger partial charge in [0.2, 0.25) is 11.8 Å². The molecule has 3 N–H and O–H groups in total. The van der Waals surface area contributed by atoms with E-state index in [0.717, 1.165) is 25.7 Å². The third kappa shape index (κ3) is 4.73. The maximum atomic E-state index is 11.9. The van der Waals surface area contributed by atoms with Crippen LogP contribution < -0.4 is 10.6 Å². The zero-order valence-electron chi connectivity index (χ0n) is 10.5. The van der Waals surface area contributed by atoms with Crippen molar-refractivity contribution in [2.75, 3.05) is 6.54 Å². The first-order valence-corrected chi connectivity index (χ1v) is 6.23. The molecule has 0 aliphatic heterocycles. The summed E-state index contributed by atoms with van der Waals surface area (Å²) in [6, 6.07) is -0.450. The summed E-state index contributed by atoms with van der Waals surface area (Å²) in [6.07, 6.45) is 3.62. The van der Waals surface area contributed by atoms with Crippen LogP contribution in [0.2, 0.25) is 0 Å². The molecule has 0 aromatic carbocycles. The minimum atomic E-state index is -0.569. The molecular formula is C12H22N2O3. The Balaban J connectivity index is 2.54. The van der Waals surface area contributed by atoms with Gasteiger partial charge in [-0.3, -0.25) is 9.59 Å². The van der Waals surface area contributed by atoms with Gasteiger partial charge in [0, 0.05) is 13.5 Å². The smallest absolute Gasteiger partial charge is 0.242 e. The van der Waals surface area contributed by atoms with Crippen molar-refractivity contribution in [2.24, 2.45) is 5.92 Å². The molecule has 1 fully saturated rings. The standard InChI is InChI=1S/C12H22N2O3/c1-8(15)7-13-12(17)11(14-9(2)16)10-5-3-4-6-10/h8,10-11,15H,3-7H2,1-2H3,(H,13,17)(H,14,16). The van der Waals surface area contributed by atoms with Crippen molar-refractivity contribution in [3.05, 3.63) is 0 Å². The Hall–Kier alpha value is -1.10. The molecule has 0 heterocycles. The summed E-state index contributed by atoms with van der Waals surface area (Å²) < 4.78 is 0. The van der Waals surface area contributed by atoms with Crippen molar-refractivity contribution in [2.45, 2.75) is 51.7 Å². The molecule has 2 atom stereocenters. The number of nitrogens with one attached hydrogen (secondary N) is 2. The van der Waals surface area contributed by atoms with Crippen LogP contribution >= 0.6 is 0 Å². The lowest BCUT2D eigenvalue weighted by molar-refractivity contribution is -0.129. The van der Waals surface area contributed by atoms with Gasteiger partial charge in [-0.1, -0.05) is 12.8 Å². The van der Waals surface area contributed by atoms with E-state index in [1.807, 2.05) is 0 Å². The van der Waals surface area contributed by atoms with Gasteiger partial charge in [0.25, 0.3) is 0 Å². The largest absolute Gasteiger partial charge is 0.392 e. The monoisotopic (exact) mass is 242 g/mol. The fourth-order valence-electron chi connectivity index (χ4n) is 2.27. The highest BCUT2D eigenvalue weighted by molar-refractivity contribution is 5.87. The maximum absolute atomic E-state index is 11.9. The average molecular weight is 242 g/mol. The molecule has 98 valence electrons. The van der Waals surface area contributed by atoms with Crippen molar-refractivity contribution >= 4 is 11.8 Å². The minimum Gasteiger partial charge on any atom is -0.392 e. The summed E-state index contributed by atoms with van der Waals surface area (Å²) in [7, 11) is 0. The molecule has 1 aliphatic carbocycles. The Morgan fingerprint density at radius 3 is 2.41 bits per heavy atom. The zero-order valence-corrected chi connectivity index (χ0v) is 10.5. The van der Waals surface area contributed by atoms with Crippen molar-refractivity contribution in [1.29, 1.82) is 0 Å². The Kier molecular flexibility index (Phi) is 5.41. The van der Waals surface area contributed by atoms with E-state index >= 15 is 0 Å². The predicted molar refractivity (Wildman–Crippen MR) is 64.3 cm³/mol. The summed E-state index contributed by atoms with van der Waals surface area (Å²) in [5.74, 6) is -0.144. The van der Waals surface area contributed by atoms with E-state index in [-0.39, 0.29) is 24.3 Å². The van der Waals surface area contributed by atoms with E-state index in [1.165, 1.54) is 6.92 Å². The summed E-state index contributed by atoms with van der Waals surface area (Å²) in [6.45, 7) is 3.26. The number of hydrogen-bond donors (Lipinski definition) is 3. The van der Waals surface area contributed by atoms with Crippen LogP contribution in [0.4, 0.5) is 0 Å². The number of amides is 2. The van der Waals surface area contributed by atoms with Crippen LogP contribution in [0, 0.1) is 5.92 Å². The molecule has 0 saturated heterocycles. The first-order valence-electron chi connectivity index (χ1n) is 6.23. The Morgan fingerprint density at radius 2 is 1.94 bits per heavy atom. The fraction of sp³-hybridized carbons (Fsp3) is 0.833. The van der Waals surface area contributed by atoms with E-state index in [2.05, 4.69) is 10.6 Å². The molecule has 17 heavy (non-hydrogen) atoms. The van der Waals surface area contributed by atoms with Crippen molar-refractivity contribution in [1.82, 2.24) is 10.6 Å². The molecule has 0 aromatic heterocycles. The summed E-state index contributed by atoms with van der Waals surface area (Å²) in [5, 5.41) is 14.5. The Labute approximate surface area is 102 Å². The normalized spacial score (nSPS) is 19.7. The minimum absolute atomic E-state index is 0.186. The van der Waals surface area contributed by atoms with Crippen LogP contribution in [0.15, 0.2) is 0 Å². The van der Waals surface area contributed by atoms with Crippen LogP contribution in [-0.4, -0.2) is 35.6 Å². The van der Waals surface area contributed by atoms with Gasteiger partial charge < -0.3 is 15.7 Å². The molecule has 5 nitrogen and oxygen atoms in total. The summed E-state index contributed by atoms with van der Waals surface area (Å²) in [4.78, 5) is 23.0. The third-order valence-corrected chi connectivity index (χ3v) is 3.08. The van der Waals surface area contributed by atoms with Gasteiger partial charge in [-0.2, -0.15) is 0 Å². The maximum Gasteiger partial charge on any atom is 0.242 e. The highest BCUT2D eigenvalue weighted by Gasteiger charge is 2.31. The lowest BCUT2D eigenvalue weighted by Crippen LogP contribution is -2.50. The van der Waals surface area contributed by atoms with Crippen molar-refractivity contribution in [3.8, 4) is 0 Å². The molecule has 0 bridgehead atoms. The van der Waals surface area contributed by atoms with Gasteiger partial charge in [-0.25, -0.2) is 0 Å². The topological polar surface area (TPSA) is 78.4 Å². The van der Waals surface area contributed by atoms with Gasteiger partial charge in [0.1, 0.15) is 6.04 Å². The van der Waals surface area contributed by atoms with E-state index in [0.29, 0.717) is 0 Å². The highest BCUT2D eigenvalue weighted by Crippen LogP contribution is 2.27. The van der Waals surface area contributed by atoms with Crippen molar-refractivity contribution < 1.29 is 14.7 Å². The van der Waals surface area contributed by atoms with Crippen molar-refractivity contribution in [3.63, 3.8) is 0 Å². The third-order valence-electron chi connectivity index (χ3n) is 3.08. The number of hydrogen-bond acceptors (Lipinski definition) is 3. The molecule has 1 aliphatic rings. The van der Waals surface area contributed by atoms with E-state index < -0.39 is 12.1 Å². The molecule has 0 aromatic rings. The second kappa shape index (κ2) is 6.59. The fourth-order valence-corrected chi connectivity index (χ4v) is 2.27. The number of aliphatic hydroxyl groups excluding tert-OH is 1. The van der Waals surface area contributed by atoms with E-state index in [4.69, 9.17) is 5.11 Å². The van der Waals surface area contributed by atoms with Crippen LogP contribution in [0.25, 0.3) is 0 Å². The number of aliphatic hydroxyl groups is 1. The van der Waals surface area contributed by atoms with Gasteiger partial charge in [0.05, 0.1) is 6.10 Å². The van der Waals surface area contributed by atoms with Crippen LogP contribution in [-0.2, 0) is 9.59 Å². The van der Waals surface area contributed by atoms with Gasteiger partial charge in [0.15, 0.2) is 0 Å². The lowest BCUT2D eigenvalue weighted by Gasteiger charge is -2.23. The van der Waals surface area contributed by atoms with Crippen LogP contribution in [0.3, 0.4) is 0 Å². The van der Waals surface area contributed by atoms with E-state index in [9.17, 15) is 9.59 Å². The molecule has 0 spiro atoms. The van der Waals surface area contributed by atoms with Crippen LogP contribution in [0.1, 0.15) is 39.5 Å². The quantitative estimate of drug-likeness (QED) is 0.643. The molecule has 5 heteroatoms. The highest BCUT2D eigenvalue weighted by atomic mass is 16.3. The summed E-state index contributed by atoms with van der Waals surface area (Å²) >= 11 is 0.